The first-order valence-electron chi connectivity index (χ1n) is 10.2. The van der Waals surface area contributed by atoms with E-state index in [0.29, 0.717) is 32.7 Å². The van der Waals surface area contributed by atoms with E-state index in [0.717, 1.165) is 11.6 Å². The third kappa shape index (κ3) is 7.19. The van der Waals surface area contributed by atoms with Gasteiger partial charge in [-0.25, -0.2) is 13.6 Å². The fourth-order valence-electron chi connectivity index (χ4n) is 2.92. The molecule has 1 fully saturated rings. The molecule has 174 valence electrons. The van der Waals surface area contributed by atoms with E-state index < -0.39 is 23.3 Å². The molecule has 32 heavy (non-hydrogen) atoms. The van der Waals surface area contributed by atoms with E-state index in [9.17, 15) is 18.4 Å². The molecule has 9 heteroatoms. The topological polar surface area (TPSA) is 93.9 Å². The highest BCUT2D eigenvalue weighted by molar-refractivity contribution is 5.96. The highest BCUT2D eigenvalue weighted by Gasteiger charge is 2.26. The molecule has 0 atom stereocenters. The lowest BCUT2D eigenvalue weighted by Gasteiger charge is -2.30. The first kappa shape index (κ1) is 25.1. The van der Waals surface area contributed by atoms with Gasteiger partial charge in [0.15, 0.2) is 11.6 Å². The van der Waals surface area contributed by atoms with Crippen LogP contribution in [0.1, 0.15) is 36.7 Å². The van der Waals surface area contributed by atoms with Crippen LogP contribution in [-0.2, 0) is 20.9 Å². The minimum Gasteiger partial charge on any atom is -0.462 e. The summed E-state index contributed by atoms with van der Waals surface area (Å²) in [5.41, 5.74) is 5.31. The minimum atomic E-state index is -0.923. The number of anilines is 2. The van der Waals surface area contributed by atoms with Crippen LogP contribution in [0.5, 0.6) is 0 Å². The van der Waals surface area contributed by atoms with Gasteiger partial charge in [0, 0.05) is 26.2 Å². The van der Waals surface area contributed by atoms with E-state index in [1.807, 2.05) is 26.8 Å². The Morgan fingerprint density at radius 1 is 1.19 bits per heavy atom. The van der Waals surface area contributed by atoms with Crippen molar-refractivity contribution in [2.45, 2.75) is 33.0 Å². The number of piperazine rings is 1. The standard InChI is InChI=1S/C18H19F2N3O2.C5H10O2/c19-14-10-13(18(24)25-11-12-4-2-1-3-5-12)16(21)15(20)17(14)23-8-6-22-7-9-23;1-5(2,3)7-4-6/h1-5,10,22H,6-9,11,21H2;4H,1-3H3. The summed E-state index contributed by atoms with van der Waals surface area (Å²) < 4.78 is 38.7. The van der Waals surface area contributed by atoms with Crippen molar-refractivity contribution >= 4 is 23.8 Å². The summed E-state index contributed by atoms with van der Waals surface area (Å²) in [6.07, 6.45) is 0. The van der Waals surface area contributed by atoms with Gasteiger partial charge in [-0.3, -0.25) is 4.79 Å². The zero-order valence-corrected chi connectivity index (χ0v) is 18.5. The summed E-state index contributed by atoms with van der Waals surface area (Å²) in [6.45, 7) is 8.10. The van der Waals surface area contributed by atoms with Gasteiger partial charge in [0.1, 0.15) is 17.9 Å². The molecule has 2 aromatic carbocycles. The lowest BCUT2D eigenvalue weighted by atomic mass is 10.1. The number of halogens is 2. The molecule has 3 rings (SSSR count). The summed E-state index contributed by atoms with van der Waals surface area (Å²) >= 11 is 0. The van der Waals surface area contributed by atoms with E-state index >= 15 is 0 Å². The van der Waals surface area contributed by atoms with Crippen LogP contribution >= 0.6 is 0 Å². The van der Waals surface area contributed by atoms with Crippen LogP contribution in [0.25, 0.3) is 0 Å². The number of benzene rings is 2. The van der Waals surface area contributed by atoms with Crippen molar-refractivity contribution in [2.75, 3.05) is 36.8 Å². The second-order valence-corrected chi connectivity index (χ2v) is 8.11. The molecular formula is C23H29F2N3O4. The Morgan fingerprint density at radius 2 is 1.81 bits per heavy atom. The summed E-state index contributed by atoms with van der Waals surface area (Å²) in [5.74, 6) is -2.60. The number of rotatable bonds is 5. The maximum Gasteiger partial charge on any atom is 0.340 e. The molecule has 1 saturated heterocycles. The smallest absolute Gasteiger partial charge is 0.340 e. The average molecular weight is 449 g/mol. The van der Waals surface area contributed by atoms with E-state index in [1.165, 1.54) is 0 Å². The lowest BCUT2D eigenvalue weighted by molar-refractivity contribution is -0.138. The maximum absolute atomic E-state index is 14.6. The Kier molecular flexibility index (Phi) is 8.95. The van der Waals surface area contributed by atoms with E-state index in [4.69, 9.17) is 10.5 Å². The number of ether oxygens (including phenoxy) is 2. The van der Waals surface area contributed by atoms with Crippen LogP contribution < -0.4 is 16.0 Å². The summed E-state index contributed by atoms with van der Waals surface area (Å²) in [6, 6.07) is 9.96. The second kappa shape index (κ2) is 11.4. The van der Waals surface area contributed by atoms with Gasteiger partial charge in [0.05, 0.1) is 11.3 Å². The molecule has 0 aromatic heterocycles. The average Bonchev–Trinajstić information content (AvgIpc) is 2.76. The van der Waals surface area contributed by atoms with Crippen molar-refractivity contribution < 1.29 is 27.8 Å². The minimum absolute atomic E-state index is 0.00188. The van der Waals surface area contributed by atoms with Crippen LogP contribution in [0.2, 0.25) is 0 Å². The quantitative estimate of drug-likeness (QED) is 0.411. The van der Waals surface area contributed by atoms with Crippen molar-refractivity contribution in [2.24, 2.45) is 0 Å². The number of carbonyl (C=O) groups excluding carboxylic acids is 2. The van der Waals surface area contributed by atoms with Crippen LogP contribution in [0, 0.1) is 11.6 Å². The van der Waals surface area contributed by atoms with Crippen LogP contribution in [0.4, 0.5) is 20.2 Å². The zero-order chi connectivity index (χ0) is 23.7. The predicted octanol–water partition coefficient (Wildman–Crippen LogP) is 3.27. The molecule has 0 saturated carbocycles. The largest absolute Gasteiger partial charge is 0.462 e. The monoisotopic (exact) mass is 449 g/mol. The third-order valence-corrected chi connectivity index (χ3v) is 4.50. The van der Waals surface area contributed by atoms with Crippen LogP contribution in [-0.4, -0.2) is 44.2 Å². The van der Waals surface area contributed by atoms with E-state index in [2.05, 4.69) is 10.1 Å². The molecule has 0 aliphatic carbocycles. The molecule has 1 aliphatic rings. The second-order valence-electron chi connectivity index (χ2n) is 8.11. The molecule has 0 bridgehead atoms. The van der Waals surface area contributed by atoms with Gasteiger partial charge in [-0.05, 0) is 32.4 Å². The van der Waals surface area contributed by atoms with E-state index in [1.54, 1.807) is 29.2 Å². The molecule has 3 N–H and O–H groups in total. The SMILES string of the molecule is CC(C)(C)OC=O.Nc1c(C(=O)OCc2ccccc2)cc(F)c(N2CCNCC2)c1F. The fraction of sp³-hybridized carbons (Fsp3) is 0.391. The summed E-state index contributed by atoms with van der Waals surface area (Å²) in [5, 5.41) is 3.11. The number of carbonyl (C=O) groups is 2. The Balaban J connectivity index is 0.000000451. The van der Waals surface area contributed by atoms with Crippen molar-refractivity contribution in [1.29, 1.82) is 0 Å². The number of esters is 1. The van der Waals surface area contributed by atoms with Gasteiger partial charge in [0.2, 0.25) is 0 Å². The number of hydrogen-bond donors (Lipinski definition) is 2. The molecule has 0 radical (unpaired) electrons. The van der Waals surface area contributed by atoms with Crippen molar-refractivity contribution in [3.05, 3.63) is 59.2 Å². The summed E-state index contributed by atoms with van der Waals surface area (Å²) in [4.78, 5) is 23.3. The highest BCUT2D eigenvalue weighted by Crippen LogP contribution is 2.31. The van der Waals surface area contributed by atoms with Gasteiger partial charge in [-0.15, -0.1) is 0 Å². The number of nitrogens with one attached hydrogen (secondary N) is 1. The van der Waals surface area contributed by atoms with Gasteiger partial charge < -0.3 is 25.4 Å². The van der Waals surface area contributed by atoms with Crippen molar-refractivity contribution in [1.82, 2.24) is 5.32 Å². The van der Waals surface area contributed by atoms with Crippen molar-refractivity contribution in [3.8, 4) is 0 Å². The number of nitrogen functional groups attached to an aromatic ring is 1. The molecule has 7 nitrogen and oxygen atoms in total. The number of nitrogens with zero attached hydrogens (tertiary/aromatic N) is 1. The Hall–Kier alpha value is -3.20. The van der Waals surface area contributed by atoms with Gasteiger partial charge in [-0.1, -0.05) is 30.3 Å². The third-order valence-electron chi connectivity index (χ3n) is 4.50. The maximum atomic E-state index is 14.6. The summed E-state index contributed by atoms with van der Waals surface area (Å²) in [7, 11) is 0. The van der Waals surface area contributed by atoms with Crippen molar-refractivity contribution in [3.63, 3.8) is 0 Å². The first-order chi connectivity index (χ1) is 15.1. The fourth-order valence-corrected chi connectivity index (χ4v) is 2.92. The molecular weight excluding hydrogens is 420 g/mol. The Labute approximate surface area is 186 Å². The first-order valence-corrected chi connectivity index (χ1v) is 10.2. The van der Waals surface area contributed by atoms with Crippen LogP contribution in [0.3, 0.4) is 0 Å². The Morgan fingerprint density at radius 3 is 2.34 bits per heavy atom. The van der Waals surface area contributed by atoms with Gasteiger partial charge in [0.25, 0.3) is 6.47 Å². The van der Waals surface area contributed by atoms with Crippen LogP contribution in [0.15, 0.2) is 36.4 Å². The predicted molar refractivity (Wildman–Crippen MR) is 118 cm³/mol. The lowest BCUT2D eigenvalue weighted by Crippen LogP contribution is -2.44. The molecule has 1 aliphatic heterocycles. The number of hydrogen-bond acceptors (Lipinski definition) is 7. The zero-order valence-electron chi connectivity index (χ0n) is 18.5. The van der Waals surface area contributed by atoms with E-state index in [-0.39, 0.29) is 23.5 Å². The Bertz CT molecular complexity index is 912. The molecule has 0 amide bonds. The molecule has 0 spiro atoms. The normalized spacial score (nSPS) is 13.6. The van der Waals surface area contributed by atoms with Gasteiger partial charge in [-0.2, -0.15) is 0 Å². The van der Waals surface area contributed by atoms with Gasteiger partial charge >= 0.3 is 5.97 Å². The molecule has 1 heterocycles. The highest BCUT2D eigenvalue weighted by atomic mass is 19.1. The molecule has 2 aromatic rings. The number of nitrogens with two attached hydrogens (primary N) is 1. The molecule has 0 unspecified atom stereocenters.